The van der Waals surface area contributed by atoms with Gasteiger partial charge in [0.15, 0.2) is 0 Å². The van der Waals surface area contributed by atoms with Gasteiger partial charge in [-0.1, -0.05) is 20.8 Å². The molecular formula is C8H20O2. The average Bonchev–Trinajstić information content (AvgIpc) is 2.03. The lowest BCUT2D eigenvalue weighted by Crippen LogP contribution is -1.99. The maximum absolute atomic E-state index is 8.67. The summed E-state index contributed by atoms with van der Waals surface area (Å²) in [6, 6.07) is 0. The molecule has 0 aromatic heterocycles. The van der Waals surface area contributed by atoms with E-state index in [0.717, 1.165) is 19.3 Å². The van der Waals surface area contributed by atoms with Gasteiger partial charge in [-0.15, -0.1) is 0 Å². The van der Waals surface area contributed by atoms with Crippen molar-refractivity contribution in [3.8, 4) is 0 Å². The Kier molecular flexibility index (Phi) is 14.7. The van der Waals surface area contributed by atoms with Crippen LogP contribution in [0, 0.1) is 0 Å². The Morgan fingerprint density at radius 2 is 1.40 bits per heavy atom. The smallest absolute Gasteiger partial charge is 0.0535 e. The molecule has 10 heavy (non-hydrogen) atoms. The van der Waals surface area contributed by atoms with E-state index < -0.39 is 0 Å². The molecule has 2 nitrogen and oxygen atoms in total. The molecule has 0 aliphatic carbocycles. The van der Waals surface area contributed by atoms with Crippen LogP contribution in [0.25, 0.3) is 0 Å². The van der Waals surface area contributed by atoms with Crippen LogP contribution in [0.15, 0.2) is 0 Å². The van der Waals surface area contributed by atoms with Crippen molar-refractivity contribution in [2.24, 2.45) is 0 Å². The lowest BCUT2D eigenvalue weighted by molar-refractivity contribution is 0.166. The van der Waals surface area contributed by atoms with Crippen LogP contribution in [0.1, 0.15) is 40.0 Å². The van der Waals surface area contributed by atoms with Gasteiger partial charge in [0.1, 0.15) is 0 Å². The standard InChI is InChI=1S/C5H12O.C3H8O/c1-3-5(6)4-2;1-2-3-4/h5-6H,3-4H2,1-2H3;4H,2-3H2,1H3. The van der Waals surface area contributed by atoms with Gasteiger partial charge >= 0.3 is 0 Å². The molecule has 0 aromatic rings. The van der Waals surface area contributed by atoms with E-state index in [1.807, 2.05) is 20.8 Å². The second-order valence-corrected chi connectivity index (χ2v) is 2.19. The number of hydrogen-bond acceptors (Lipinski definition) is 2. The predicted molar refractivity (Wildman–Crippen MR) is 44.0 cm³/mol. The highest BCUT2D eigenvalue weighted by Crippen LogP contribution is 1.91. The minimum absolute atomic E-state index is 0.0648. The minimum atomic E-state index is -0.0648. The van der Waals surface area contributed by atoms with Gasteiger partial charge in [0.25, 0.3) is 0 Å². The molecule has 0 rings (SSSR count). The highest BCUT2D eigenvalue weighted by atomic mass is 16.3. The number of aliphatic hydroxyl groups excluding tert-OH is 2. The van der Waals surface area contributed by atoms with Gasteiger partial charge in [-0.3, -0.25) is 0 Å². The predicted octanol–water partition coefficient (Wildman–Crippen LogP) is 1.56. The lowest BCUT2D eigenvalue weighted by atomic mass is 10.2. The van der Waals surface area contributed by atoms with Gasteiger partial charge in [0, 0.05) is 6.61 Å². The summed E-state index contributed by atoms with van der Waals surface area (Å²) in [5, 5.41) is 16.5. The van der Waals surface area contributed by atoms with E-state index in [1.54, 1.807) is 0 Å². The van der Waals surface area contributed by atoms with Crippen LogP contribution in [-0.2, 0) is 0 Å². The third-order valence-electron chi connectivity index (χ3n) is 1.17. The van der Waals surface area contributed by atoms with E-state index in [4.69, 9.17) is 10.2 Å². The fourth-order valence-electron chi connectivity index (χ4n) is 0.289. The highest BCUT2D eigenvalue weighted by molar-refractivity contribution is 4.43. The van der Waals surface area contributed by atoms with Crippen molar-refractivity contribution >= 4 is 0 Å². The van der Waals surface area contributed by atoms with Crippen LogP contribution in [0.4, 0.5) is 0 Å². The summed E-state index contributed by atoms with van der Waals surface area (Å²) in [7, 11) is 0. The molecule has 0 aliphatic rings. The molecule has 64 valence electrons. The molecular weight excluding hydrogens is 128 g/mol. The molecule has 0 aliphatic heterocycles. The Balaban J connectivity index is 0. The van der Waals surface area contributed by atoms with E-state index in [9.17, 15) is 0 Å². The zero-order chi connectivity index (χ0) is 8.41. The first-order valence-electron chi connectivity index (χ1n) is 4.01. The maximum Gasteiger partial charge on any atom is 0.0535 e. The third-order valence-corrected chi connectivity index (χ3v) is 1.17. The fraction of sp³-hybridized carbons (Fsp3) is 1.00. The maximum atomic E-state index is 8.67. The molecule has 0 unspecified atom stereocenters. The average molecular weight is 148 g/mol. The molecule has 0 heterocycles. The Morgan fingerprint density at radius 3 is 1.40 bits per heavy atom. The molecule has 2 N–H and O–H groups in total. The number of hydrogen-bond donors (Lipinski definition) is 2. The van der Waals surface area contributed by atoms with Crippen molar-refractivity contribution in [3.05, 3.63) is 0 Å². The van der Waals surface area contributed by atoms with Crippen molar-refractivity contribution in [2.75, 3.05) is 6.61 Å². The second kappa shape index (κ2) is 11.7. The van der Waals surface area contributed by atoms with Crippen LogP contribution in [0.3, 0.4) is 0 Å². The van der Waals surface area contributed by atoms with Crippen LogP contribution in [0.2, 0.25) is 0 Å². The van der Waals surface area contributed by atoms with Gasteiger partial charge in [0.2, 0.25) is 0 Å². The summed E-state index contributed by atoms with van der Waals surface area (Å²) in [4.78, 5) is 0. The van der Waals surface area contributed by atoms with Crippen molar-refractivity contribution in [3.63, 3.8) is 0 Å². The van der Waals surface area contributed by atoms with Crippen molar-refractivity contribution < 1.29 is 10.2 Å². The van der Waals surface area contributed by atoms with Crippen LogP contribution in [-0.4, -0.2) is 22.9 Å². The fourth-order valence-corrected chi connectivity index (χ4v) is 0.289. The van der Waals surface area contributed by atoms with Crippen LogP contribution in [0.5, 0.6) is 0 Å². The molecule has 0 bridgehead atoms. The van der Waals surface area contributed by atoms with Gasteiger partial charge < -0.3 is 10.2 Å². The molecule has 0 fully saturated rings. The van der Waals surface area contributed by atoms with Crippen molar-refractivity contribution in [1.82, 2.24) is 0 Å². The second-order valence-electron chi connectivity index (χ2n) is 2.19. The Bertz CT molecular complexity index is 40.5. The van der Waals surface area contributed by atoms with Crippen LogP contribution < -0.4 is 0 Å². The molecule has 2 heteroatoms. The molecule has 0 saturated carbocycles. The Hall–Kier alpha value is -0.0800. The summed E-state index contributed by atoms with van der Waals surface area (Å²) in [5.74, 6) is 0. The first kappa shape index (κ1) is 12.6. The summed E-state index contributed by atoms with van der Waals surface area (Å²) < 4.78 is 0. The van der Waals surface area contributed by atoms with E-state index in [0.29, 0.717) is 6.61 Å². The molecule has 0 saturated heterocycles. The zero-order valence-corrected chi connectivity index (χ0v) is 7.30. The number of aliphatic hydroxyl groups is 2. The summed E-state index contributed by atoms with van der Waals surface area (Å²) >= 11 is 0. The van der Waals surface area contributed by atoms with Gasteiger partial charge in [-0.25, -0.2) is 0 Å². The first-order valence-corrected chi connectivity index (χ1v) is 4.01. The van der Waals surface area contributed by atoms with Gasteiger partial charge in [-0.05, 0) is 19.3 Å². The van der Waals surface area contributed by atoms with Gasteiger partial charge in [-0.2, -0.15) is 0 Å². The summed E-state index contributed by atoms with van der Waals surface area (Å²) in [5.41, 5.74) is 0. The molecule has 0 aromatic carbocycles. The monoisotopic (exact) mass is 148 g/mol. The summed E-state index contributed by atoms with van der Waals surface area (Å²) in [6.07, 6.45) is 2.58. The van der Waals surface area contributed by atoms with Crippen molar-refractivity contribution in [1.29, 1.82) is 0 Å². The lowest BCUT2D eigenvalue weighted by Gasteiger charge is -1.98. The van der Waals surface area contributed by atoms with E-state index in [1.165, 1.54) is 0 Å². The van der Waals surface area contributed by atoms with Crippen molar-refractivity contribution in [2.45, 2.75) is 46.1 Å². The van der Waals surface area contributed by atoms with E-state index >= 15 is 0 Å². The molecule has 0 spiro atoms. The Morgan fingerprint density at radius 1 is 1.10 bits per heavy atom. The molecule has 0 amide bonds. The number of rotatable bonds is 3. The largest absolute Gasteiger partial charge is 0.396 e. The Labute approximate surface area is 63.9 Å². The quantitative estimate of drug-likeness (QED) is 0.637. The van der Waals surface area contributed by atoms with Crippen LogP contribution >= 0.6 is 0 Å². The van der Waals surface area contributed by atoms with E-state index in [-0.39, 0.29) is 6.10 Å². The molecule has 0 radical (unpaired) electrons. The third kappa shape index (κ3) is 15.7. The zero-order valence-electron chi connectivity index (χ0n) is 7.30. The summed E-state index contributed by atoms with van der Waals surface area (Å²) in [6.45, 7) is 6.21. The van der Waals surface area contributed by atoms with Gasteiger partial charge in [0.05, 0.1) is 6.10 Å². The first-order chi connectivity index (χ1) is 4.72. The topological polar surface area (TPSA) is 40.5 Å². The minimum Gasteiger partial charge on any atom is -0.396 e. The highest BCUT2D eigenvalue weighted by Gasteiger charge is 1.90. The SMILES string of the molecule is CCC(O)CC.CCCO. The normalized spacial score (nSPS) is 9.00. The van der Waals surface area contributed by atoms with E-state index in [2.05, 4.69) is 0 Å². The molecule has 0 atom stereocenters.